The third-order valence-corrected chi connectivity index (χ3v) is 2.00. The highest BCUT2D eigenvalue weighted by molar-refractivity contribution is 5.92. The third kappa shape index (κ3) is 2.87. The lowest BCUT2D eigenvalue weighted by atomic mass is 10.2. The van der Waals surface area contributed by atoms with Crippen LogP contribution in [0.25, 0.3) is 0 Å². The Bertz CT molecular complexity index is 350. The maximum absolute atomic E-state index is 11.2. The highest BCUT2D eigenvalue weighted by Crippen LogP contribution is 2.28. The van der Waals surface area contributed by atoms with Gasteiger partial charge in [-0.05, 0) is 12.1 Å². The van der Waals surface area contributed by atoms with Gasteiger partial charge in [-0.25, -0.2) is 0 Å². The molecule has 0 saturated heterocycles. The van der Waals surface area contributed by atoms with Crippen LogP contribution in [-0.4, -0.2) is 20.1 Å². The van der Waals surface area contributed by atoms with E-state index in [4.69, 9.17) is 9.47 Å². The van der Waals surface area contributed by atoms with E-state index < -0.39 is 0 Å². The SMILES string of the molecule is CCC(=O)Nc1ccc(OC)cc1OC. The van der Waals surface area contributed by atoms with Gasteiger partial charge in [0, 0.05) is 12.5 Å². The molecular weight excluding hydrogens is 194 g/mol. The molecule has 0 bridgehead atoms. The molecule has 4 nitrogen and oxygen atoms in total. The van der Waals surface area contributed by atoms with Crippen molar-refractivity contribution < 1.29 is 14.3 Å². The number of nitrogens with one attached hydrogen (secondary N) is 1. The average Bonchev–Trinajstić information content (AvgIpc) is 2.29. The highest BCUT2D eigenvalue weighted by atomic mass is 16.5. The lowest BCUT2D eigenvalue weighted by molar-refractivity contribution is -0.115. The Morgan fingerprint density at radius 3 is 2.60 bits per heavy atom. The van der Waals surface area contributed by atoms with Crippen LogP contribution in [0, 0.1) is 0 Å². The molecule has 15 heavy (non-hydrogen) atoms. The summed E-state index contributed by atoms with van der Waals surface area (Å²) in [7, 11) is 3.13. The number of amides is 1. The molecule has 0 aliphatic rings. The second kappa shape index (κ2) is 5.24. The first kappa shape index (κ1) is 11.4. The molecule has 1 aromatic carbocycles. The Morgan fingerprint density at radius 1 is 1.33 bits per heavy atom. The van der Waals surface area contributed by atoms with Crippen molar-refractivity contribution in [2.75, 3.05) is 19.5 Å². The van der Waals surface area contributed by atoms with Gasteiger partial charge in [0.25, 0.3) is 0 Å². The Morgan fingerprint density at radius 2 is 2.07 bits per heavy atom. The second-order valence-electron chi connectivity index (χ2n) is 2.97. The van der Waals surface area contributed by atoms with Crippen LogP contribution in [-0.2, 0) is 4.79 Å². The fourth-order valence-electron chi connectivity index (χ4n) is 1.14. The molecule has 82 valence electrons. The minimum atomic E-state index is -0.0431. The first-order chi connectivity index (χ1) is 7.21. The molecule has 1 N–H and O–H groups in total. The number of rotatable bonds is 4. The molecule has 0 unspecified atom stereocenters. The first-order valence-electron chi connectivity index (χ1n) is 4.73. The van der Waals surface area contributed by atoms with E-state index in [9.17, 15) is 4.79 Å². The van der Waals surface area contributed by atoms with Crippen molar-refractivity contribution in [2.24, 2.45) is 0 Å². The van der Waals surface area contributed by atoms with Crippen LogP contribution in [0.3, 0.4) is 0 Å². The number of hydrogen-bond acceptors (Lipinski definition) is 3. The predicted octanol–water partition coefficient (Wildman–Crippen LogP) is 2.05. The summed E-state index contributed by atoms with van der Waals surface area (Å²) in [6.07, 6.45) is 0.440. The molecule has 0 fully saturated rings. The number of carbonyl (C=O) groups is 1. The zero-order valence-corrected chi connectivity index (χ0v) is 9.16. The van der Waals surface area contributed by atoms with Crippen molar-refractivity contribution in [1.82, 2.24) is 0 Å². The number of ether oxygens (including phenoxy) is 2. The molecule has 0 radical (unpaired) electrons. The Labute approximate surface area is 89.2 Å². The molecule has 0 aromatic heterocycles. The van der Waals surface area contributed by atoms with E-state index in [1.54, 1.807) is 39.3 Å². The van der Waals surface area contributed by atoms with Gasteiger partial charge in [-0.2, -0.15) is 0 Å². The van der Waals surface area contributed by atoms with Crippen LogP contribution < -0.4 is 14.8 Å². The standard InChI is InChI=1S/C11H15NO3/c1-4-11(13)12-9-6-5-8(14-2)7-10(9)15-3/h5-7H,4H2,1-3H3,(H,12,13). The van der Waals surface area contributed by atoms with Crippen molar-refractivity contribution in [3.8, 4) is 11.5 Å². The lowest BCUT2D eigenvalue weighted by Crippen LogP contribution is -2.10. The Hall–Kier alpha value is -1.71. The third-order valence-electron chi connectivity index (χ3n) is 2.00. The molecule has 0 atom stereocenters. The first-order valence-corrected chi connectivity index (χ1v) is 4.73. The summed E-state index contributed by atoms with van der Waals surface area (Å²) in [5.74, 6) is 1.25. The molecule has 0 saturated carbocycles. The highest BCUT2D eigenvalue weighted by Gasteiger charge is 2.06. The smallest absolute Gasteiger partial charge is 0.224 e. The van der Waals surface area contributed by atoms with Crippen molar-refractivity contribution in [3.05, 3.63) is 18.2 Å². The number of carbonyl (C=O) groups excluding carboxylic acids is 1. The van der Waals surface area contributed by atoms with Crippen molar-refractivity contribution in [1.29, 1.82) is 0 Å². The molecule has 4 heteroatoms. The second-order valence-corrected chi connectivity index (χ2v) is 2.97. The van der Waals surface area contributed by atoms with Gasteiger partial charge < -0.3 is 14.8 Å². The molecule has 1 rings (SSSR count). The van der Waals surface area contributed by atoms with Gasteiger partial charge in [-0.1, -0.05) is 6.92 Å². The van der Waals surface area contributed by atoms with Crippen LogP contribution in [0.4, 0.5) is 5.69 Å². The van der Waals surface area contributed by atoms with Gasteiger partial charge in [0.05, 0.1) is 19.9 Å². The van der Waals surface area contributed by atoms with Crippen molar-refractivity contribution >= 4 is 11.6 Å². The van der Waals surface area contributed by atoms with E-state index in [2.05, 4.69) is 5.32 Å². The number of hydrogen-bond donors (Lipinski definition) is 1. The summed E-state index contributed by atoms with van der Waals surface area (Å²) in [5.41, 5.74) is 0.658. The Balaban J connectivity index is 2.92. The van der Waals surface area contributed by atoms with Crippen molar-refractivity contribution in [2.45, 2.75) is 13.3 Å². The van der Waals surface area contributed by atoms with Crippen LogP contribution in [0.1, 0.15) is 13.3 Å². The summed E-state index contributed by atoms with van der Waals surface area (Å²) in [5, 5.41) is 2.74. The number of benzene rings is 1. The summed E-state index contributed by atoms with van der Waals surface area (Å²) in [4.78, 5) is 11.2. The maximum atomic E-state index is 11.2. The fourth-order valence-corrected chi connectivity index (χ4v) is 1.14. The fraction of sp³-hybridized carbons (Fsp3) is 0.364. The normalized spacial score (nSPS) is 9.53. The van der Waals surface area contributed by atoms with Crippen LogP contribution in [0.15, 0.2) is 18.2 Å². The van der Waals surface area contributed by atoms with Crippen LogP contribution in [0.2, 0.25) is 0 Å². The number of anilines is 1. The zero-order chi connectivity index (χ0) is 11.3. The largest absolute Gasteiger partial charge is 0.497 e. The summed E-state index contributed by atoms with van der Waals surface area (Å²) in [6, 6.07) is 5.25. The van der Waals surface area contributed by atoms with E-state index >= 15 is 0 Å². The van der Waals surface area contributed by atoms with Crippen LogP contribution in [0.5, 0.6) is 11.5 Å². The topological polar surface area (TPSA) is 47.6 Å². The maximum Gasteiger partial charge on any atom is 0.224 e. The van der Waals surface area contributed by atoms with Gasteiger partial charge in [0.2, 0.25) is 5.91 Å². The molecule has 0 aliphatic carbocycles. The molecule has 1 aromatic rings. The minimum absolute atomic E-state index is 0.0431. The van der Waals surface area contributed by atoms with Gasteiger partial charge in [0.1, 0.15) is 11.5 Å². The number of methoxy groups -OCH3 is 2. The van der Waals surface area contributed by atoms with E-state index in [1.165, 1.54) is 0 Å². The average molecular weight is 209 g/mol. The molecule has 0 aliphatic heterocycles. The van der Waals surface area contributed by atoms with E-state index in [0.717, 1.165) is 0 Å². The summed E-state index contributed by atoms with van der Waals surface area (Å²) >= 11 is 0. The molecule has 0 spiro atoms. The van der Waals surface area contributed by atoms with Gasteiger partial charge >= 0.3 is 0 Å². The van der Waals surface area contributed by atoms with E-state index in [1.807, 2.05) is 0 Å². The molecule has 1 amide bonds. The van der Waals surface area contributed by atoms with Crippen LogP contribution >= 0.6 is 0 Å². The monoisotopic (exact) mass is 209 g/mol. The lowest BCUT2D eigenvalue weighted by Gasteiger charge is -2.10. The van der Waals surface area contributed by atoms with E-state index in [-0.39, 0.29) is 5.91 Å². The quantitative estimate of drug-likeness (QED) is 0.825. The Kier molecular flexibility index (Phi) is 3.97. The van der Waals surface area contributed by atoms with E-state index in [0.29, 0.717) is 23.6 Å². The van der Waals surface area contributed by atoms with Gasteiger partial charge in [-0.15, -0.1) is 0 Å². The molecular formula is C11H15NO3. The molecule has 0 heterocycles. The van der Waals surface area contributed by atoms with Crippen molar-refractivity contribution in [3.63, 3.8) is 0 Å². The van der Waals surface area contributed by atoms with Gasteiger partial charge in [-0.3, -0.25) is 4.79 Å². The summed E-state index contributed by atoms with van der Waals surface area (Å²) < 4.78 is 10.2. The summed E-state index contributed by atoms with van der Waals surface area (Å²) in [6.45, 7) is 1.80. The zero-order valence-electron chi connectivity index (χ0n) is 9.16. The minimum Gasteiger partial charge on any atom is -0.497 e. The predicted molar refractivity (Wildman–Crippen MR) is 58.5 cm³/mol. The van der Waals surface area contributed by atoms with Gasteiger partial charge in [0.15, 0.2) is 0 Å².